The zero-order chi connectivity index (χ0) is 19.8. The number of nitrogens with one attached hydrogen (secondary N) is 1. The Hall–Kier alpha value is -2.86. The predicted molar refractivity (Wildman–Crippen MR) is 105 cm³/mol. The molecule has 1 saturated heterocycles. The van der Waals surface area contributed by atoms with Crippen LogP contribution >= 0.6 is 0 Å². The maximum atomic E-state index is 12.6. The number of carbonyl (C=O) groups is 2. The summed E-state index contributed by atoms with van der Waals surface area (Å²) in [6, 6.07) is 19.1. The molecule has 1 heterocycles. The SMILES string of the molecule is COC(=O)[C@H]1C[C@@H](NCc2ccccc2)CCN1C(=O)OCc1ccccc1. The molecule has 2 aromatic rings. The van der Waals surface area contributed by atoms with Crippen LogP contribution in [-0.2, 0) is 27.4 Å². The minimum Gasteiger partial charge on any atom is -0.467 e. The Morgan fingerprint density at radius 3 is 2.32 bits per heavy atom. The molecule has 0 unspecified atom stereocenters. The van der Waals surface area contributed by atoms with Crippen LogP contribution in [0.3, 0.4) is 0 Å². The highest BCUT2D eigenvalue weighted by Gasteiger charge is 2.37. The van der Waals surface area contributed by atoms with Gasteiger partial charge in [0.05, 0.1) is 7.11 Å². The van der Waals surface area contributed by atoms with Crippen molar-refractivity contribution >= 4 is 12.1 Å². The van der Waals surface area contributed by atoms with Crippen molar-refractivity contribution in [3.8, 4) is 0 Å². The second-order valence-corrected chi connectivity index (χ2v) is 6.86. The lowest BCUT2D eigenvalue weighted by Gasteiger charge is -2.37. The van der Waals surface area contributed by atoms with Crippen LogP contribution < -0.4 is 5.32 Å². The summed E-state index contributed by atoms with van der Waals surface area (Å²) in [6.45, 7) is 1.34. The van der Waals surface area contributed by atoms with E-state index in [1.807, 2.05) is 48.5 Å². The molecule has 1 aliphatic rings. The minimum atomic E-state index is -0.643. The number of amides is 1. The van der Waals surface area contributed by atoms with E-state index in [9.17, 15) is 9.59 Å². The summed E-state index contributed by atoms with van der Waals surface area (Å²) >= 11 is 0. The summed E-state index contributed by atoms with van der Waals surface area (Å²) in [5.74, 6) is -0.414. The van der Waals surface area contributed by atoms with Crippen molar-refractivity contribution in [1.82, 2.24) is 10.2 Å². The molecule has 1 fully saturated rings. The quantitative estimate of drug-likeness (QED) is 0.778. The molecule has 2 aromatic carbocycles. The van der Waals surface area contributed by atoms with Gasteiger partial charge in [-0.2, -0.15) is 0 Å². The molecule has 0 bridgehead atoms. The summed E-state index contributed by atoms with van der Waals surface area (Å²) in [4.78, 5) is 26.3. The van der Waals surface area contributed by atoms with Gasteiger partial charge in [0.1, 0.15) is 12.6 Å². The molecule has 0 aromatic heterocycles. The molecule has 1 amide bonds. The number of piperidine rings is 1. The fraction of sp³-hybridized carbons (Fsp3) is 0.364. The van der Waals surface area contributed by atoms with Crippen LogP contribution in [0.4, 0.5) is 4.79 Å². The number of hydrogen-bond acceptors (Lipinski definition) is 5. The van der Waals surface area contributed by atoms with Gasteiger partial charge in [0.15, 0.2) is 0 Å². The van der Waals surface area contributed by atoms with Gasteiger partial charge in [0, 0.05) is 19.1 Å². The Morgan fingerprint density at radius 1 is 1.04 bits per heavy atom. The first kappa shape index (κ1) is 19.9. The number of benzene rings is 2. The van der Waals surface area contributed by atoms with Crippen LogP contribution in [0.15, 0.2) is 60.7 Å². The van der Waals surface area contributed by atoms with E-state index in [4.69, 9.17) is 9.47 Å². The zero-order valence-corrected chi connectivity index (χ0v) is 16.0. The van der Waals surface area contributed by atoms with Crippen LogP contribution in [-0.4, -0.2) is 42.7 Å². The van der Waals surface area contributed by atoms with Gasteiger partial charge in [-0.3, -0.25) is 4.90 Å². The van der Waals surface area contributed by atoms with E-state index in [0.29, 0.717) is 13.0 Å². The van der Waals surface area contributed by atoms with E-state index >= 15 is 0 Å². The van der Waals surface area contributed by atoms with E-state index in [1.165, 1.54) is 17.6 Å². The highest BCUT2D eigenvalue weighted by Crippen LogP contribution is 2.21. The number of nitrogens with zero attached hydrogens (tertiary/aromatic N) is 1. The Kier molecular flexibility index (Phi) is 7.03. The number of methoxy groups -OCH3 is 1. The standard InChI is InChI=1S/C22H26N2O4/c1-27-21(25)20-14-19(23-15-17-8-4-2-5-9-17)12-13-24(20)22(26)28-16-18-10-6-3-7-11-18/h2-11,19-20,23H,12-16H2,1H3/t19-,20+/m0/s1. The van der Waals surface area contributed by atoms with Crippen LogP contribution in [0.25, 0.3) is 0 Å². The summed E-state index contributed by atoms with van der Waals surface area (Å²) in [5, 5.41) is 3.48. The largest absolute Gasteiger partial charge is 0.467 e. The fourth-order valence-corrected chi connectivity index (χ4v) is 3.39. The van der Waals surface area contributed by atoms with Gasteiger partial charge < -0.3 is 14.8 Å². The van der Waals surface area contributed by atoms with E-state index in [2.05, 4.69) is 17.4 Å². The van der Waals surface area contributed by atoms with E-state index in [1.54, 1.807) is 0 Å². The molecular weight excluding hydrogens is 356 g/mol. The van der Waals surface area contributed by atoms with Crippen LogP contribution in [0.2, 0.25) is 0 Å². The van der Waals surface area contributed by atoms with Crippen molar-refractivity contribution in [3.63, 3.8) is 0 Å². The Morgan fingerprint density at radius 2 is 1.68 bits per heavy atom. The number of likely N-dealkylation sites (tertiary alicyclic amines) is 1. The molecule has 0 radical (unpaired) electrons. The van der Waals surface area contributed by atoms with Crippen molar-refractivity contribution in [3.05, 3.63) is 71.8 Å². The van der Waals surface area contributed by atoms with Crippen molar-refractivity contribution in [2.75, 3.05) is 13.7 Å². The summed E-state index contributed by atoms with van der Waals surface area (Å²) in [5.41, 5.74) is 2.09. The van der Waals surface area contributed by atoms with Crippen molar-refractivity contribution in [2.45, 2.75) is 38.1 Å². The molecule has 28 heavy (non-hydrogen) atoms. The monoisotopic (exact) mass is 382 g/mol. The summed E-state index contributed by atoms with van der Waals surface area (Å²) in [6.07, 6.45) is 0.765. The van der Waals surface area contributed by atoms with Crippen molar-refractivity contribution < 1.29 is 19.1 Å². The summed E-state index contributed by atoms with van der Waals surface area (Å²) in [7, 11) is 1.34. The van der Waals surface area contributed by atoms with Crippen molar-refractivity contribution in [1.29, 1.82) is 0 Å². The average Bonchev–Trinajstić information content (AvgIpc) is 2.76. The van der Waals surface area contributed by atoms with Gasteiger partial charge in [0.2, 0.25) is 0 Å². The van der Waals surface area contributed by atoms with Gasteiger partial charge in [-0.1, -0.05) is 60.7 Å². The van der Waals surface area contributed by atoms with Gasteiger partial charge in [-0.05, 0) is 24.0 Å². The second-order valence-electron chi connectivity index (χ2n) is 6.86. The zero-order valence-electron chi connectivity index (χ0n) is 16.0. The Bertz CT molecular complexity index is 767. The first-order valence-electron chi connectivity index (χ1n) is 9.50. The molecule has 1 aliphatic heterocycles. The lowest BCUT2D eigenvalue weighted by molar-refractivity contribution is -0.148. The number of hydrogen-bond donors (Lipinski definition) is 1. The summed E-state index contributed by atoms with van der Waals surface area (Å²) < 4.78 is 10.3. The van der Waals surface area contributed by atoms with Crippen molar-refractivity contribution in [2.24, 2.45) is 0 Å². The van der Waals surface area contributed by atoms with E-state index in [-0.39, 0.29) is 12.6 Å². The second kappa shape index (κ2) is 9.90. The van der Waals surface area contributed by atoms with Crippen LogP contribution in [0.1, 0.15) is 24.0 Å². The molecule has 1 N–H and O–H groups in total. The molecule has 148 valence electrons. The fourth-order valence-electron chi connectivity index (χ4n) is 3.39. The molecule has 6 heteroatoms. The van der Waals surface area contributed by atoms with Gasteiger partial charge in [0.25, 0.3) is 0 Å². The minimum absolute atomic E-state index is 0.127. The molecule has 3 rings (SSSR count). The highest BCUT2D eigenvalue weighted by molar-refractivity contribution is 5.81. The molecule has 0 spiro atoms. The maximum Gasteiger partial charge on any atom is 0.410 e. The number of esters is 1. The first-order chi connectivity index (χ1) is 13.7. The average molecular weight is 382 g/mol. The number of ether oxygens (including phenoxy) is 2. The van der Waals surface area contributed by atoms with Crippen LogP contribution in [0.5, 0.6) is 0 Å². The third-order valence-corrected chi connectivity index (χ3v) is 4.95. The third-order valence-electron chi connectivity index (χ3n) is 4.95. The topological polar surface area (TPSA) is 67.9 Å². The predicted octanol–water partition coefficient (Wildman–Crippen LogP) is 3.12. The number of carbonyl (C=O) groups excluding carboxylic acids is 2. The normalized spacial score (nSPS) is 19.1. The smallest absolute Gasteiger partial charge is 0.410 e. The molecule has 6 nitrogen and oxygen atoms in total. The van der Waals surface area contributed by atoms with E-state index in [0.717, 1.165) is 18.5 Å². The third kappa shape index (κ3) is 5.33. The van der Waals surface area contributed by atoms with E-state index < -0.39 is 18.1 Å². The molecule has 0 saturated carbocycles. The number of rotatable bonds is 6. The Labute approximate surface area is 165 Å². The van der Waals surface area contributed by atoms with Gasteiger partial charge >= 0.3 is 12.1 Å². The van der Waals surface area contributed by atoms with Gasteiger partial charge in [-0.15, -0.1) is 0 Å². The first-order valence-corrected chi connectivity index (χ1v) is 9.50. The Balaban J connectivity index is 1.57. The molecule has 0 aliphatic carbocycles. The van der Waals surface area contributed by atoms with Crippen LogP contribution in [0, 0.1) is 0 Å². The molecule has 2 atom stereocenters. The highest BCUT2D eigenvalue weighted by atomic mass is 16.6. The lowest BCUT2D eigenvalue weighted by Crippen LogP contribution is -2.54. The van der Waals surface area contributed by atoms with Gasteiger partial charge in [-0.25, -0.2) is 9.59 Å². The lowest BCUT2D eigenvalue weighted by atomic mass is 9.97. The molecular formula is C22H26N2O4. The maximum absolute atomic E-state index is 12.6.